The van der Waals surface area contributed by atoms with Crippen LogP contribution >= 0.6 is 11.6 Å². The van der Waals surface area contributed by atoms with E-state index in [4.69, 9.17) is 11.6 Å². The van der Waals surface area contributed by atoms with Crippen LogP contribution in [0.3, 0.4) is 0 Å². The number of pyridine rings is 1. The molecule has 1 heterocycles. The third-order valence-corrected chi connectivity index (χ3v) is 3.22. The number of hydrogen-bond acceptors (Lipinski definition) is 1. The molecule has 0 bridgehead atoms. The molecular weight excluding hydrogens is 218 g/mol. The molecule has 0 fully saturated rings. The Kier molecular flexibility index (Phi) is 2.97. The molecule has 0 radical (unpaired) electrons. The molecule has 16 heavy (non-hydrogen) atoms. The standard InChI is InChI=1S/C14H14ClN/c1-9-7-12(8-10(2)14(9)15)13-6-4-5-11(3)16-13/h4-8H,1-3H3. The smallest absolute Gasteiger partial charge is 0.0705 e. The van der Waals surface area contributed by atoms with E-state index in [1.807, 2.05) is 39.0 Å². The normalized spacial score (nSPS) is 10.5. The number of hydrogen-bond donors (Lipinski definition) is 0. The van der Waals surface area contributed by atoms with E-state index in [9.17, 15) is 0 Å². The van der Waals surface area contributed by atoms with Crippen LogP contribution < -0.4 is 0 Å². The van der Waals surface area contributed by atoms with Gasteiger partial charge in [-0.3, -0.25) is 4.98 Å². The van der Waals surface area contributed by atoms with Crippen LogP contribution in [0, 0.1) is 20.8 Å². The van der Waals surface area contributed by atoms with E-state index in [1.165, 1.54) is 0 Å². The van der Waals surface area contributed by atoms with Gasteiger partial charge in [0, 0.05) is 16.3 Å². The minimum absolute atomic E-state index is 0.844. The third-order valence-electron chi connectivity index (χ3n) is 2.62. The molecule has 0 aliphatic heterocycles. The molecule has 2 heteroatoms. The van der Waals surface area contributed by atoms with Crippen molar-refractivity contribution in [2.24, 2.45) is 0 Å². The van der Waals surface area contributed by atoms with Gasteiger partial charge >= 0.3 is 0 Å². The monoisotopic (exact) mass is 231 g/mol. The molecule has 0 spiro atoms. The van der Waals surface area contributed by atoms with Crippen LogP contribution in [-0.4, -0.2) is 4.98 Å². The molecule has 1 aromatic carbocycles. The highest BCUT2D eigenvalue weighted by atomic mass is 35.5. The molecule has 0 aliphatic rings. The summed E-state index contributed by atoms with van der Waals surface area (Å²) in [6, 6.07) is 10.2. The van der Waals surface area contributed by atoms with Crippen molar-refractivity contribution in [3.63, 3.8) is 0 Å². The van der Waals surface area contributed by atoms with Gasteiger partial charge in [-0.25, -0.2) is 0 Å². The number of aryl methyl sites for hydroxylation is 3. The largest absolute Gasteiger partial charge is 0.253 e. The molecule has 2 rings (SSSR count). The predicted molar refractivity (Wildman–Crippen MR) is 68.9 cm³/mol. The van der Waals surface area contributed by atoms with Crippen LogP contribution in [0.5, 0.6) is 0 Å². The van der Waals surface area contributed by atoms with Gasteiger partial charge in [-0.2, -0.15) is 0 Å². The van der Waals surface area contributed by atoms with Gasteiger partial charge in [-0.1, -0.05) is 17.7 Å². The van der Waals surface area contributed by atoms with Crippen LogP contribution in [-0.2, 0) is 0 Å². The summed E-state index contributed by atoms with van der Waals surface area (Å²) in [5.74, 6) is 0. The number of rotatable bonds is 1. The molecular formula is C14H14ClN. The summed E-state index contributed by atoms with van der Waals surface area (Å²) in [7, 11) is 0. The average Bonchev–Trinajstić information content (AvgIpc) is 2.25. The third kappa shape index (κ3) is 2.10. The molecule has 1 aromatic heterocycles. The van der Waals surface area contributed by atoms with Crippen molar-refractivity contribution >= 4 is 11.6 Å². The van der Waals surface area contributed by atoms with Crippen molar-refractivity contribution in [2.75, 3.05) is 0 Å². The zero-order valence-corrected chi connectivity index (χ0v) is 10.5. The molecule has 0 saturated heterocycles. The van der Waals surface area contributed by atoms with E-state index in [-0.39, 0.29) is 0 Å². The lowest BCUT2D eigenvalue weighted by Gasteiger charge is -2.07. The molecule has 1 nitrogen and oxygen atoms in total. The summed E-state index contributed by atoms with van der Waals surface area (Å²) in [4.78, 5) is 4.51. The Balaban J connectivity index is 2.57. The first-order chi connectivity index (χ1) is 7.58. The molecule has 0 atom stereocenters. The van der Waals surface area contributed by atoms with Crippen LogP contribution in [0.4, 0.5) is 0 Å². The second-order valence-electron chi connectivity index (χ2n) is 4.09. The van der Waals surface area contributed by atoms with Crippen molar-refractivity contribution in [3.05, 3.63) is 52.2 Å². The lowest BCUT2D eigenvalue weighted by molar-refractivity contribution is 1.20. The summed E-state index contributed by atoms with van der Waals surface area (Å²) in [6.07, 6.45) is 0. The highest BCUT2D eigenvalue weighted by molar-refractivity contribution is 6.32. The number of aromatic nitrogens is 1. The summed E-state index contributed by atoms with van der Waals surface area (Å²) in [6.45, 7) is 6.04. The van der Waals surface area contributed by atoms with Gasteiger partial charge in [-0.15, -0.1) is 0 Å². The number of halogens is 1. The Bertz CT molecular complexity index is 509. The number of nitrogens with zero attached hydrogens (tertiary/aromatic N) is 1. The Labute approximate surface area is 101 Å². The van der Waals surface area contributed by atoms with Gasteiger partial charge in [0.2, 0.25) is 0 Å². The Morgan fingerprint density at radius 3 is 2.19 bits per heavy atom. The van der Waals surface area contributed by atoms with Crippen molar-refractivity contribution in [2.45, 2.75) is 20.8 Å². The topological polar surface area (TPSA) is 12.9 Å². The van der Waals surface area contributed by atoms with Crippen LogP contribution in [0.1, 0.15) is 16.8 Å². The van der Waals surface area contributed by atoms with Gasteiger partial charge in [0.25, 0.3) is 0 Å². The first kappa shape index (κ1) is 11.2. The zero-order chi connectivity index (χ0) is 11.7. The maximum Gasteiger partial charge on any atom is 0.0705 e. The first-order valence-electron chi connectivity index (χ1n) is 5.28. The van der Waals surface area contributed by atoms with E-state index >= 15 is 0 Å². The molecule has 2 aromatic rings. The highest BCUT2D eigenvalue weighted by Gasteiger charge is 2.05. The maximum atomic E-state index is 6.15. The van der Waals surface area contributed by atoms with Crippen molar-refractivity contribution in [1.29, 1.82) is 0 Å². The second-order valence-corrected chi connectivity index (χ2v) is 4.47. The fourth-order valence-electron chi connectivity index (χ4n) is 1.80. The number of benzene rings is 1. The summed E-state index contributed by atoms with van der Waals surface area (Å²) >= 11 is 6.15. The van der Waals surface area contributed by atoms with Crippen LogP contribution in [0.2, 0.25) is 5.02 Å². The van der Waals surface area contributed by atoms with Gasteiger partial charge in [-0.05, 0) is 56.2 Å². The molecule has 82 valence electrons. The quantitative estimate of drug-likeness (QED) is 0.712. The van der Waals surface area contributed by atoms with E-state index in [1.54, 1.807) is 0 Å². The summed E-state index contributed by atoms with van der Waals surface area (Å²) in [5.41, 5.74) is 5.36. The van der Waals surface area contributed by atoms with E-state index < -0.39 is 0 Å². The molecule has 0 aliphatic carbocycles. The van der Waals surface area contributed by atoms with E-state index in [2.05, 4.69) is 17.1 Å². The molecule has 0 N–H and O–H groups in total. The SMILES string of the molecule is Cc1cccc(-c2cc(C)c(Cl)c(C)c2)n1. The summed E-state index contributed by atoms with van der Waals surface area (Å²) in [5, 5.41) is 0.844. The van der Waals surface area contributed by atoms with Crippen molar-refractivity contribution < 1.29 is 0 Å². The minimum atomic E-state index is 0.844. The lowest BCUT2D eigenvalue weighted by atomic mass is 10.0. The Morgan fingerprint density at radius 2 is 1.62 bits per heavy atom. The fourth-order valence-corrected chi connectivity index (χ4v) is 1.91. The minimum Gasteiger partial charge on any atom is -0.253 e. The first-order valence-corrected chi connectivity index (χ1v) is 5.66. The van der Waals surface area contributed by atoms with Crippen LogP contribution in [0.15, 0.2) is 30.3 Å². The maximum absolute atomic E-state index is 6.15. The van der Waals surface area contributed by atoms with Gasteiger partial charge in [0.05, 0.1) is 5.69 Å². The van der Waals surface area contributed by atoms with Crippen molar-refractivity contribution in [1.82, 2.24) is 4.98 Å². The van der Waals surface area contributed by atoms with E-state index in [0.717, 1.165) is 33.1 Å². The Morgan fingerprint density at radius 1 is 1.00 bits per heavy atom. The predicted octanol–water partition coefficient (Wildman–Crippen LogP) is 4.33. The molecule has 0 amide bonds. The molecule has 0 saturated carbocycles. The second kappa shape index (κ2) is 4.26. The van der Waals surface area contributed by atoms with E-state index in [0.29, 0.717) is 0 Å². The lowest BCUT2D eigenvalue weighted by Crippen LogP contribution is -1.89. The van der Waals surface area contributed by atoms with Gasteiger partial charge < -0.3 is 0 Å². The zero-order valence-electron chi connectivity index (χ0n) is 9.71. The fraction of sp³-hybridized carbons (Fsp3) is 0.214. The van der Waals surface area contributed by atoms with Gasteiger partial charge in [0.1, 0.15) is 0 Å². The summed E-state index contributed by atoms with van der Waals surface area (Å²) < 4.78 is 0. The average molecular weight is 232 g/mol. The van der Waals surface area contributed by atoms with Crippen LogP contribution in [0.25, 0.3) is 11.3 Å². The highest BCUT2D eigenvalue weighted by Crippen LogP contribution is 2.27. The Hall–Kier alpha value is -1.34. The van der Waals surface area contributed by atoms with Gasteiger partial charge in [0.15, 0.2) is 0 Å². The molecule has 0 unspecified atom stereocenters. The van der Waals surface area contributed by atoms with Crippen molar-refractivity contribution in [3.8, 4) is 11.3 Å².